The summed E-state index contributed by atoms with van der Waals surface area (Å²) in [5, 5.41) is 25.1. The minimum atomic E-state index is -1.73. The molecule has 6 amide bonds. The number of carbonyl (C=O) groups is 8. The summed E-state index contributed by atoms with van der Waals surface area (Å²) in [6.45, 7) is 7.50. The number of fused-ring (bicyclic) bond motifs is 1. The van der Waals surface area contributed by atoms with E-state index in [1.54, 1.807) is 32.6 Å². The van der Waals surface area contributed by atoms with Gasteiger partial charge in [0.05, 0.1) is 19.0 Å². The first-order valence-corrected chi connectivity index (χ1v) is 23.7. The highest BCUT2D eigenvalue weighted by Crippen LogP contribution is 2.22. The van der Waals surface area contributed by atoms with Gasteiger partial charge in [-0.2, -0.15) is 0 Å². The van der Waals surface area contributed by atoms with Gasteiger partial charge in [-0.1, -0.05) is 70.9 Å². The highest BCUT2D eigenvalue weighted by Gasteiger charge is 2.36. The van der Waals surface area contributed by atoms with Gasteiger partial charge in [-0.25, -0.2) is 0 Å². The minimum absolute atomic E-state index is 0.0542. The molecule has 23 heteroatoms. The van der Waals surface area contributed by atoms with E-state index < -0.39 is 84.0 Å². The van der Waals surface area contributed by atoms with E-state index in [4.69, 9.17) is 33.4 Å². The maximum Gasteiger partial charge on any atom is 0.305 e. The highest BCUT2D eigenvalue weighted by molar-refractivity contribution is 5.97. The van der Waals surface area contributed by atoms with Gasteiger partial charge in [-0.3, -0.25) is 53.7 Å². The molecule has 0 aromatic heterocycles. The molecule has 386 valence electrons. The molecular formula is C47H73N13O10. The molecule has 1 heterocycles. The van der Waals surface area contributed by atoms with Crippen LogP contribution in [-0.4, -0.2) is 139 Å². The Hall–Kier alpha value is -7.04. The molecule has 0 saturated carbocycles. The number of primary amides is 1. The van der Waals surface area contributed by atoms with E-state index in [2.05, 4.69) is 36.6 Å². The molecule has 7 atom stereocenters. The summed E-state index contributed by atoms with van der Waals surface area (Å²) >= 11 is 0. The molecule has 23 nitrogen and oxygen atoms in total. The van der Waals surface area contributed by atoms with Gasteiger partial charge in [0.25, 0.3) is 5.91 Å². The Morgan fingerprint density at radius 3 is 1.80 bits per heavy atom. The van der Waals surface area contributed by atoms with Crippen LogP contribution in [0.25, 0.3) is 10.8 Å². The molecule has 1 aliphatic heterocycles. The number of nitrogens with zero attached hydrogens (tertiary/aromatic N) is 3. The van der Waals surface area contributed by atoms with Gasteiger partial charge in [0.15, 0.2) is 18.5 Å². The summed E-state index contributed by atoms with van der Waals surface area (Å²) < 4.78 is 5.79. The maximum atomic E-state index is 14.1. The summed E-state index contributed by atoms with van der Waals surface area (Å²) in [5.41, 5.74) is 27.4. The van der Waals surface area contributed by atoms with Crippen molar-refractivity contribution in [1.29, 1.82) is 0 Å². The Kier molecular flexibility index (Phi) is 23.8. The number of aliphatic carboxylic acids is 1. The van der Waals surface area contributed by atoms with E-state index in [0.29, 0.717) is 50.9 Å². The van der Waals surface area contributed by atoms with Crippen molar-refractivity contribution in [3.05, 3.63) is 42.5 Å². The smallest absolute Gasteiger partial charge is 0.305 e. The number of rotatable bonds is 30. The van der Waals surface area contributed by atoms with Gasteiger partial charge in [-0.15, -0.1) is 0 Å². The fraction of sp³-hybridized carbons (Fsp3) is 0.574. The van der Waals surface area contributed by atoms with Gasteiger partial charge in [0, 0.05) is 32.1 Å². The van der Waals surface area contributed by atoms with Crippen molar-refractivity contribution in [1.82, 2.24) is 31.5 Å². The van der Waals surface area contributed by atoms with Crippen LogP contribution in [-0.2, 0) is 38.4 Å². The average molecular weight is 980 g/mol. The van der Waals surface area contributed by atoms with E-state index in [9.17, 15) is 43.5 Å². The number of benzene rings is 2. The van der Waals surface area contributed by atoms with Gasteiger partial charge >= 0.3 is 5.97 Å². The third-order valence-electron chi connectivity index (χ3n) is 12.4. The van der Waals surface area contributed by atoms with Crippen LogP contribution in [0, 0.1) is 17.8 Å². The number of nitrogens with one attached hydrogen (secondary N) is 5. The van der Waals surface area contributed by atoms with Crippen molar-refractivity contribution in [3.63, 3.8) is 0 Å². The molecule has 1 saturated heterocycles. The number of carboxylic acid groups (broad SMARTS) is 1. The lowest BCUT2D eigenvalue weighted by atomic mass is 9.92. The summed E-state index contributed by atoms with van der Waals surface area (Å²) in [5.74, 6) is -7.09. The molecule has 16 N–H and O–H groups in total. The monoisotopic (exact) mass is 980 g/mol. The number of piperidine rings is 1. The zero-order chi connectivity index (χ0) is 51.9. The van der Waals surface area contributed by atoms with Gasteiger partial charge in [0.1, 0.15) is 35.7 Å². The number of carboxylic acids is 1. The molecule has 1 aliphatic rings. The molecule has 1 fully saturated rings. The number of carbonyl (C=O) groups excluding carboxylic acids is 7. The second-order valence-electron chi connectivity index (χ2n) is 17.6. The lowest BCUT2D eigenvalue weighted by Crippen LogP contribution is -2.60. The van der Waals surface area contributed by atoms with Crippen LogP contribution in [0.5, 0.6) is 5.75 Å². The second kappa shape index (κ2) is 29.1. The molecule has 70 heavy (non-hydrogen) atoms. The Morgan fingerprint density at radius 1 is 0.700 bits per heavy atom. The van der Waals surface area contributed by atoms with Crippen molar-refractivity contribution in [3.8, 4) is 5.75 Å². The molecule has 0 aliphatic carbocycles. The number of guanidine groups is 2. The van der Waals surface area contributed by atoms with E-state index in [0.717, 1.165) is 10.8 Å². The molecule has 2 aromatic rings. The van der Waals surface area contributed by atoms with Gasteiger partial charge in [0.2, 0.25) is 29.5 Å². The molecule has 0 radical (unpaired) electrons. The number of likely N-dealkylation sites (tertiary alicyclic amines) is 1. The molecule has 3 rings (SSSR count). The Morgan fingerprint density at radius 2 is 1.23 bits per heavy atom. The predicted octanol–water partition coefficient (Wildman–Crippen LogP) is -0.917. The number of Topliss-reactive ketones (excluding diaryl/α,β-unsaturated/α-hetero) is 1. The molecule has 0 unspecified atom stereocenters. The van der Waals surface area contributed by atoms with Crippen molar-refractivity contribution in [2.45, 2.75) is 116 Å². The largest absolute Gasteiger partial charge is 0.484 e. The average Bonchev–Trinajstić information content (AvgIpc) is 3.33. The van der Waals surface area contributed by atoms with Crippen LogP contribution in [0.4, 0.5) is 0 Å². The summed E-state index contributed by atoms with van der Waals surface area (Å²) in [7, 11) is 0. The molecule has 0 bridgehead atoms. The predicted molar refractivity (Wildman–Crippen MR) is 263 cm³/mol. The third kappa shape index (κ3) is 19.2. The van der Waals surface area contributed by atoms with E-state index in [1.807, 2.05) is 42.5 Å². The number of ether oxygens (including phenoxy) is 1. The van der Waals surface area contributed by atoms with Gasteiger partial charge in [-0.05, 0) is 73.3 Å². The van der Waals surface area contributed by atoms with Crippen LogP contribution in [0.15, 0.2) is 52.4 Å². The van der Waals surface area contributed by atoms with Crippen molar-refractivity contribution < 1.29 is 48.2 Å². The number of hydrogen-bond donors (Lipinski definition) is 11. The van der Waals surface area contributed by atoms with Crippen LogP contribution < -0.4 is 60.0 Å². The van der Waals surface area contributed by atoms with E-state index >= 15 is 0 Å². The topological polar surface area (TPSA) is 384 Å². The Labute approximate surface area is 408 Å². The Balaban J connectivity index is 1.71. The number of nitrogens with two attached hydrogens (primary N) is 5. The lowest BCUT2D eigenvalue weighted by molar-refractivity contribution is -0.142. The maximum absolute atomic E-state index is 14.1. The fourth-order valence-electron chi connectivity index (χ4n) is 7.77. The van der Waals surface area contributed by atoms with Gasteiger partial charge < -0.3 is 64.7 Å². The summed E-state index contributed by atoms with van der Waals surface area (Å²) in [6.07, 6.45) is 1.32. The van der Waals surface area contributed by atoms with E-state index in [-0.39, 0.29) is 75.0 Å². The Bertz CT molecular complexity index is 2170. The minimum Gasteiger partial charge on any atom is -0.484 e. The second-order valence-corrected chi connectivity index (χ2v) is 17.6. The number of aliphatic imine (C=N–C) groups is 2. The molecular weight excluding hydrogens is 907 g/mol. The number of ketones is 1. The third-order valence-corrected chi connectivity index (χ3v) is 12.4. The standard InChI is InChI=1S/C47H73N13O10/c1-5-27(3)39(41(48)65)58-43(67)34(14-10-20-54-47(51)52)56-44(68)35(24-38(63)64)57-45(69)40(28(4)6-2)59-42(66)33(13-9-19-53-46(49)50)55-25-36(61)30-17-21-60(22-18-30)37(62)26-70-32-16-15-29-11-7-8-12-31(29)23-32/h7-8,11-12,15-16,23,27-28,30,33-35,39-40,55H,5-6,9-10,13-14,17-22,24-26H2,1-4H3,(H2,48,65)(H,56,68)(H,57,69)(H,58,67)(H,59,66)(H,63,64)(H4,49,50,53)(H4,51,52,54)/t27-,28-,33-,34-,35-,39-,40-/m0/s1. The number of hydrogen-bond acceptors (Lipinski definition) is 12. The quantitative estimate of drug-likeness (QED) is 0.0256. The zero-order valence-corrected chi connectivity index (χ0v) is 40.6. The first-order valence-electron chi connectivity index (χ1n) is 23.7. The lowest BCUT2D eigenvalue weighted by Gasteiger charge is -2.32. The SMILES string of the molecule is CC[C@H](C)[C@H](NC(=O)[C@H](CCCN=C(N)N)NC(=O)[C@H](CC(=O)O)NC(=O)[C@@H](NC(=O)[C@H](CCCN=C(N)N)NCC(=O)C1CCN(C(=O)COc2ccc3ccccc3c2)CC1)[C@@H](C)CC)C(N)=O. The summed E-state index contributed by atoms with van der Waals surface area (Å²) in [4.78, 5) is 116. The molecule has 2 aromatic carbocycles. The van der Waals surface area contributed by atoms with Crippen LogP contribution >= 0.6 is 0 Å². The van der Waals surface area contributed by atoms with Crippen molar-refractivity contribution in [2.24, 2.45) is 56.4 Å². The van der Waals surface area contributed by atoms with Crippen LogP contribution in [0.1, 0.15) is 85.5 Å². The zero-order valence-electron chi connectivity index (χ0n) is 40.6. The highest BCUT2D eigenvalue weighted by atomic mass is 16.5. The summed E-state index contributed by atoms with van der Waals surface area (Å²) in [6, 6.07) is 6.94. The van der Waals surface area contributed by atoms with E-state index in [1.165, 1.54) is 0 Å². The van der Waals surface area contributed by atoms with Crippen LogP contribution in [0.2, 0.25) is 0 Å². The first-order chi connectivity index (χ1) is 33.2. The number of amides is 6. The first kappa shape index (κ1) is 57.3. The van der Waals surface area contributed by atoms with Crippen LogP contribution in [0.3, 0.4) is 0 Å². The fourth-order valence-corrected chi connectivity index (χ4v) is 7.77. The van der Waals surface area contributed by atoms with Crippen molar-refractivity contribution >= 4 is 69.9 Å². The van der Waals surface area contributed by atoms with Crippen molar-refractivity contribution in [2.75, 3.05) is 39.3 Å². The molecule has 0 spiro atoms. The normalized spacial score (nSPS) is 15.6.